The summed E-state index contributed by atoms with van der Waals surface area (Å²) in [7, 11) is 2.07. The summed E-state index contributed by atoms with van der Waals surface area (Å²) in [5.41, 5.74) is 1.20. The van der Waals surface area contributed by atoms with Gasteiger partial charge in [0.15, 0.2) is 0 Å². The van der Waals surface area contributed by atoms with Gasteiger partial charge in [-0.3, -0.25) is 14.5 Å². The van der Waals surface area contributed by atoms with Crippen LogP contribution in [-0.2, 0) is 14.3 Å². The Labute approximate surface area is 231 Å². The van der Waals surface area contributed by atoms with Gasteiger partial charge in [0.05, 0.1) is 13.2 Å². The molecular formula is C31H53N3O4. The van der Waals surface area contributed by atoms with Gasteiger partial charge in [0.1, 0.15) is 5.60 Å². The van der Waals surface area contributed by atoms with Gasteiger partial charge >= 0.3 is 5.97 Å². The number of nitrogens with zero attached hydrogens (tertiary/aromatic N) is 2. The van der Waals surface area contributed by atoms with E-state index < -0.39 is 5.60 Å². The van der Waals surface area contributed by atoms with Gasteiger partial charge in [0.25, 0.3) is 5.91 Å². The SMILES string of the molecule is C.C=c1ccc(C(=O)NCCN2CCOCC2)c(C)/c1=C/N(C)CC(CCC)CCCC(=O)OC(C)(C)C. The number of morpholine rings is 1. The number of nitrogens with one attached hydrogen (secondary N) is 1. The maximum Gasteiger partial charge on any atom is 0.306 e. The molecule has 0 aromatic heterocycles. The number of rotatable bonds is 13. The lowest BCUT2D eigenvalue weighted by Crippen LogP contribution is -2.41. The van der Waals surface area contributed by atoms with Crippen molar-refractivity contribution < 1.29 is 19.1 Å². The highest BCUT2D eigenvalue weighted by Gasteiger charge is 2.17. The Morgan fingerprint density at radius 2 is 1.92 bits per heavy atom. The van der Waals surface area contributed by atoms with Crippen molar-refractivity contribution in [3.05, 3.63) is 33.7 Å². The van der Waals surface area contributed by atoms with Gasteiger partial charge in [0, 0.05) is 63.2 Å². The van der Waals surface area contributed by atoms with E-state index in [4.69, 9.17) is 9.47 Å². The molecule has 0 aliphatic carbocycles. The molecule has 1 unspecified atom stereocenters. The van der Waals surface area contributed by atoms with Gasteiger partial charge < -0.3 is 19.7 Å². The number of ether oxygens (including phenoxy) is 2. The molecule has 2 rings (SSSR count). The number of hydrogen-bond acceptors (Lipinski definition) is 6. The lowest BCUT2D eigenvalue weighted by Gasteiger charge is -2.26. The maximum atomic E-state index is 12.9. The van der Waals surface area contributed by atoms with Crippen molar-refractivity contribution in [3.8, 4) is 0 Å². The summed E-state index contributed by atoms with van der Waals surface area (Å²) in [5, 5.41) is 4.98. The van der Waals surface area contributed by atoms with Crippen molar-refractivity contribution in [2.24, 2.45) is 5.92 Å². The maximum absolute atomic E-state index is 12.9. The largest absolute Gasteiger partial charge is 0.460 e. The normalized spacial score (nSPS) is 15.5. The minimum atomic E-state index is -0.437. The zero-order chi connectivity index (χ0) is 27.4. The Balaban J connectivity index is 0.00000722. The van der Waals surface area contributed by atoms with Crippen LogP contribution in [0.1, 0.15) is 83.1 Å². The molecule has 0 spiro atoms. The van der Waals surface area contributed by atoms with Gasteiger partial charge in [-0.1, -0.05) is 33.4 Å². The van der Waals surface area contributed by atoms with Gasteiger partial charge in [-0.15, -0.1) is 0 Å². The third-order valence-electron chi connectivity index (χ3n) is 6.67. The number of esters is 1. The second-order valence-corrected chi connectivity index (χ2v) is 11.2. The van der Waals surface area contributed by atoms with E-state index in [-0.39, 0.29) is 19.3 Å². The summed E-state index contributed by atoms with van der Waals surface area (Å²) in [6.07, 6.45) is 6.58. The molecular weight excluding hydrogens is 478 g/mol. The van der Waals surface area contributed by atoms with Crippen LogP contribution in [0, 0.1) is 12.8 Å². The zero-order valence-electron chi connectivity index (χ0n) is 24.0. The molecule has 1 saturated heterocycles. The molecule has 1 fully saturated rings. The highest BCUT2D eigenvalue weighted by atomic mass is 16.6. The van der Waals surface area contributed by atoms with Crippen LogP contribution in [0.25, 0.3) is 12.8 Å². The molecule has 1 N–H and O–H groups in total. The van der Waals surface area contributed by atoms with Crippen LogP contribution in [0.2, 0.25) is 0 Å². The first-order valence-corrected chi connectivity index (χ1v) is 13.8. The van der Waals surface area contributed by atoms with E-state index in [2.05, 4.69) is 41.9 Å². The average Bonchev–Trinajstić information content (AvgIpc) is 2.81. The topological polar surface area (TPSA) is 71.1 Å². The Hall–Kier alpha value is -2.38. The zero-order valence-corrected chi connectivity index (χ0v) is 24.0. The second kappa shape index (κ2) is 16.6. The lowest BCUT2D eigenvalue weighted by molar-refractivity contribution is -0.155. The minimum Gasteiger partial charge on any atom is -0.460 e. The van der Waals surface area contributed by atoms with Gasteiger partial charge in [-0.2, -0.15) is 0 Å². The second-order valence-electron chi connectivity index (χ2n) is 11.2. The fourth-order valence-electron chi connectivity index (χ4n) is 4.80. The van der Waals surface area contributed by atoms with Crippen LogP contribution in [0.3, 0.4) is 0 Å². The highest BCUT2D eigenvalue weighted by molar-refractivity contribution is 5.95. The number of carbonyl (C=O) groups is 2. The monoisotopic (exact) mass is 531 g/mol. The van der Waals surface area contributed by atoms with Crippen molar-refractivity contribution in [1.82, 2.24) is 15.1 Å². The van der Waals surface area contributed by atoms with Crippen LogP contribution in [0.15, 0.2) is 12.1 Å². The molecule has 216 valence electrons. The molecule has 0 radical (unpaired) electrons. The summed E-state index contributed by atoms with van der Waals surface area (Å²) in [5.74, 6) is 0.308. The molecule has 7 heteroatoms. The molecule has 1 amide bonds. The van der Waals surface area contributed by atoms with Crippen molar-refractivity contribution >= 4 is 24.7 Å². The summed E-state index contributed by atoms with van der Waals surface area (Å²) in [4.78, 5) is 29.5. The molecule has 0 bridgehead atoms. The van der Waals surface area contributed by atoms with E-state index in [1.54, 1.807) is 0 Å². The molecule has 0 saturated carbocycles. The van der Waals surface area contributed by atoms with E-state index in [1.165, 1.54) is 0 Å². The first-order valence-electron chi connectivity index (χ1n) is 13.8. The number of hydrogen-bond donors (Lipinski definition) is 1. The van der Waals surface area contributed by atoms with E-state index in [9.17, 15) is 9.59 Å². The molecule has 38 heavy (non-hydrogen) atoms. The van der Waals surface area contributed by atoms with Crippen LogP contribution >= 0.6 is 0 Å². The molecule has 1 atom stereocenters. The predicted octanol–water partition coefficient (Wildman–Crippen LogP) is 3.70. The number of benzene rings is 1. The van der Waals surface area contributed by atoms with Gasteiger partial charge in [-0.25, -0.2) is 0 Å². The van der Waals surface area contributed by atoms with E-state index >= 15 is 0 Å². The minimum absolute atomic E-state index is 0. The fourth-order valence-corrected chi connectivity index (χ4v) is 4.80. The third kappa shape index (κ3) is 12.0. The first-order chi connectivity index (χ1) is 17.5. The van der Waals surface area contributed by atoms with Crippen LogP contribution in [-0.4, -0.2) is 80.3 Å². The Bertz CT molecular complexity index is 980. The molecule has 1 aliphatic rings. The van der Waals surface area contributed by atoms with Crippen molar-refractivity contribution in [2.45, 2.75) is 79.8 Å². The fraction of sp³-hybridized carbons (Fsp3) is 0.677. The highest BCUT2D eigenvalue weighted by Crippen LogP contribution is 2.18. The molecule has 7 nitrogen and oxygen atoms in total. The van der Waals surface area contributed by atoms with Crippen molar-refractivity contribution in [1.29, 1.82) is 0 Å². The molecule has 1 aromatic rings. The number of carbonyl (C=O) groups excluding carboxylic acids is 2. The average molecular weight is 532 g/mol. The molecule has 1 heterocycles. The summed E-state index contributed by atoms with van der Waals surface area (Å²) < 4.78 is 10.8. The summed E-state index contributed by atoms with van der Waals surface area (Å²) in [6, 6.07) is 3.80. The lowest BCUT2D eigenvalue weighted by atomic mass is 9.96. The quantitative estimate of drug-likeness (QED) is 0.392. The summed E-state index contributed by atoms with van der Waals surface area (Å²) in [6.45, 7) is 19.8. The Kier molecular flexibility index (Phi) is 14.7. The van der Waals surface area contributed by atoms with E-state index in [1.807, 2.05) is 39.8 Å². The number of amides is 1. The first kappa shape index (κ1) is 33.6. The van der Waals surface area contributed by atoms with Crippen molar-refractivity contribution in [2.75, 3.05) is 53.0 Å². The summed E-state index contributed by atoms with van der Waals surface area (Å²) >= 11 is 0. The standard InChI is InChI=1S/C30H49N3O4.CH4/c1-8-10-25(11-9-12-28(34)37-30(4,5)6)21-32(7)22-27-23(2)13-14-26(24(27)3)29(35)31-15-16-33-17-19-36-20-18-33;/h13-14,22,25H,2,8-12,15-21H2,1,3-7H3,(H,31,35);1H4/b27-22+;. The molecule has 1 aliphatic heterocycles. The Morgan fingerprint density at radius 1 is 1.24 bits per heavy atom. The van der Waals surface area contributed by atoms with E-state index in [0.717, 1.165) is 81.1 Å². The van der Waals surface area contributed by atoms with Crippen molar-refractivity contribution in [3.63, 3.8) is 0 Å². The predicted molar refractivity (Wildman–Crippen MR) is 157 cm³/mol. The van der Waals surface area contributed by atoms with Gasteiger partial charge in [0.2, 0.25) is 0 Å². The van der Waals surface area contributed by atoms with Crippen LogP contribution in [0.5, 0.6) is 0 Å². The van der Waals surface area contributed by atoms with Crippen LogP contribution < -0.4 is 15.8 Å². The van der Waals surface area contributed by atoms with Gasteiger partial charge in [-0.05, 0) is 69.7 Å². The molecule has 1 aromatic carbocycles. The Morgan fingerprint density at radius 3 is 2.55 bits per heavy atom. The smallest absolute Gasteiger partial charge is 0.306 e. The van der Waals surface area contributed by atoms with E-state index in [0.29, 0.717) is 24.4 Å². The van der Waals surface area contributed by atoms with Crippen LogP contribution in [0.4, 0.5) is 0 Å². The third-order valence-corrected chi connectivity index (χ3v) is 6.67.